The van der Waals surface area contributed by atoms with Crippen LogP contribution in [0.5, 0.6) is 11.5 Å². The van der Waals surface area contributed by atoms with Crippen LogP contribution >= 0.6 is 23.2 Å². The molecule has 0 saturated carbocycles. The van der Waals surface area contributed by atoms with Gasteiger partial charge in [-0.25, -0.2) is 4.79 Å². The summed E-state index contributed by atoms with van der Waals surface area (Å²) in [6.07, 6.45) is -1.21. The van der Waals surface area contributed by atoms with Crippen molar-refractivity contribution in [1.82, 2.24) is 5.32 Å². The van der Waals surface area contributed by atoms with Crippen molar-refractivity contribution >= 4 is 35.1 Å². The Morgan fingerprint density at radius 1 is 1.10 bits per heavy atom. The number of nitrogens with one attached hydrogen (secondary N) is 1. The zero-order valence-electron chi connectivity index (χ0n) is 17.7. The maximum Gasteiger partial charge on any atom is 0.333 e. The van der Waals surface area contributed by atoms with E-state index in [1.165, 1.54) is 26.4 Å². The zero-order chi connectivity index (χ0) is 23.1. The molecule has 0 aromatic heterocycles. The lowest BCUT2D eigenvalue weighted by Gasteiger charge is -2.21. The Balaban J connectivity index is 2.32. The van der Waals surface area contributed by atoms with E-state index in [1.807, 2.05) is 0 Å². The fourth-order valence-corrected chi connectivity index (χ4v) is 3.59. The summed E-state index contributed by atoms with van der Waals surface area (Å²) in [4.78, 5) is 24.2. The molecule has 168 valence electrons. The Bertz CT molecular complexity index is 948. The molecule has 0 saturated heterocycles. The maximum absolute atomic E-state index is 12.6. The van der Waals surface area contributed by atoms with E-state index in [-0.39, 0.29) is 29.7 Å². The molecule has 9 heteroatoms. The number of amides is 1. The topological polar surface area (TPSA) is 94.1 Å². The van der Waals surface area contributed by atoms with Gasteiger partial charge in [0.15, 0.2) is 6.10 Å². The van der Waals surface area contributed by atoms with Crippen molar-refractivity contribution < 1.29 is 28.9 Å². The molecule has 7 nitrogen and oxygen atoms in total. The van der Waals surface area contributed by atoms with E-state index >= 15 is 0 Å². The van der Waals surface area contributed by atoms with Crippen LogP contribution in [0.2, 0.25) is 10.0 Å². The van der Waals surface area contributed by atoms with Crippen LogP contribution in [0.1, 0.15) is 35.3 Å². The summed E-state index contributed by atoms with van der Waals surface area (Å²) in [7, 11) is 2.97. The predicted octanol–water partition coefficient (Wildman–Crippen LogP) is 4.36. The number of hydrogen-bond donors (Lipinski definition) is 2. The number of ether oxygens (including phenoxy) is 3. The Labute approximate surface area is 191 Å². The van der Waals surface area contributed by atoms with Gasteiger partial charge in [0.1, 0.15) is 11.5 Å². The number of halogens is 2. The first-order valence-electron chi connectivity index (χ1n) is 9.52. The van der Waals surface area contributed by atoms with Crippen molar-refractivity contribution in [3.63, 3.8) is 0 Å². The highest BCUT2D eigenvalue weighted by Crippen LogP contribution is 2.33. The smallest absolute Gasteiger partial charge is 0.333 e. The summed E-state index contributed by atoms with van der Waals surface area (Å²) in [6, 6.07) is 8.01. The second kappa shape index (κ2) is 11.2. The van der Waals surface area contributed by atoms with E-state index in [4.69, 9.17) is 37.4 Å². The molecule has 2 N–H and O–H groups in total. The van der Waals surface area contributed by atoms with Gasteiger partial charge in [0.2, 0.25) is 0 Å². The van der Waals surface area contributed by atoms with E-state index in [9.17, 15) is 14.7 Å². The Kier molecular flexibility index (Phi) is 8.98. The van der Waals surface area contributed by atoms with Gasteiger partial charge in [0.05, 0.1) is 43.0 Å². The van der Waals surface area contributed by atoms with Gasteiger partial charge in [-0.3, -0.25) is 4.79 Å². The molecule has 0 radical (unpaired) electrons. The molecule has 1 amide bonds. The molecule has 0 bridgehead atoms. The summed E-state index contributed by atoms with van der Waals surface area (Å²) >= 11 is 12.0. The van der Waals surface area contributed by atoms with Crippen LogP contribution in [0.4, 0.5) is 0 Å². The number of methoxy groups -OCH3 is 2. The van der Waals surface area contributed by atoms with Gasteiger partial charge >= 0.3 is 5.97 Å². The molecule has 2 aromatic rings. The first kappa shape index (κ1) is 24.8. The number of carbonyl (C=O) groups excluding carboxylic acids is 1. The van der Waals surface area contributed by atoms with Crippen molar-refractivity contribution in [3.05, 3.63) is 57.1 Å². The SMILES string of the molecule is COc1ccc(CC(OC(C)C)C(=O)O)c(OC)c1CNC(=O)c1ccc(Cl)cc1Cl. The van der Waals surface area contributed by atoms with Crippen LogP contribution in [0.3, 0.4) is 0 Å². The minimum absolute atomic E-state index is 0.0702. The Morgan fingerprint density at radius 3 is 2.35 bits per heavy atom. The zero-order valence-corrected chi connectivity index (χ0v) is 19.2. The third-order valence-electron chi connectivity index (χ3n) is 4.44. The standard InChI is InChI=1S/C22H25Cl2NO6/c1-12(2)31-19(22(27)28)9-13-5-8-18(29-3)16(20(13)30-4)11-25-21(26)15-7-6-14(23)10-17(15)24/h5-8,10,12,19H,9,11H2,1-4H3,(H,25,26)(H,27,28). The molecular formula is C22H25Cl2NO6. The summed E-state index contributed by atoms with van der Waals surface area (Å²) in [5.74, 6) is -0.568. The molecule has 1 unspecified atom stereocenters. The number of carbonyl (C=O) groups is 2. The highest BCUT2D eigenvalue weighted by atomic mass is 35.5. The largest absolute Gasteiger partial charge is 0.496 e. The minimum atomic E-state index is -1.07. The van der Waals surface area contributed by atoms with Crippen LogP contribution in [-0.2, 0) is 22.5 Å². The molecule has 0 spiro atoms. The van der Waals surface area contributed by atoms with Crippen molar-refractivity contribution in [3.8, 4) is 11.5 Å². The number of benzene rings is 2. The van der Waals surface area contributed by atoms with Gasteiger partial charge in [-0.1, -0.05) is 29.3 Å². The first-order chi connectivity index (χ1) is 14.7. The molecule has 0 aliphatic rings. The Hall–Kier alpha value is -2.48. The lowest BCUT2D eigenvalue weighted by Crippen LogP contribution is -2.29. The van der Waals surface area contributed by atoms with Gasteiger partial charge in [-0.2, -0.15) is 0 Å². The van der Waals surface area contributed by atoms with Crippen LogP contribution in [0, 0.1) is 0 Å². The first-order valence-corrected chi connectivity index (χ1v) is 10.3. The molecule has 0 aliphatic heterocycles. The minimum Gasteiger partial charge on any atom is -0.496 e. The van der Waals surface area contributed by atoms with Crippen LogP contribution in [0.25, 0.3) is 0 Å². The number of carboxylic acid groups (broad SMARTS) is 1. The molecule has 1 atom stereocenters. The number of hydrogen-bond acceptors (Lipinski definition) is 5. The van der Waals surface area contributed by atoms with Crippen LogP contribution < -0.4 is 14.8 Å². The number of rotatable bonds is 10. The van der Waals surface area contributed by atoms with Gasteiger partial charge in [-0.15, -0.1) is 0 Å². The lowest BCUT2D eigenvalue weighted by atomic mass is 10.0. The molecule has 0 fully saturated rings. The second-order valence-electron chi connectivity index (χ2n) is 6.96. The normalized spacial score (nSPS) is 11.8. The average molecular weight is 470 g/mol. The monoisotopic (exact) mass is 469 g/mol. The Morgan fingerprint density at radius 2 is 1.81 bits per heavy atom. The molecular weight excluding hydrogens is 445 g/mol. The van der Waals surface area contributed by atoms with E-state index in [0.29, 0.717) is 27.6 Å². The van der Waals surface area contributed by atoms with Gasteiger partial charge < -0.3 is 24.6 Å². The van der Waals surface area contributed by atoms with E-state index in [2.05, 4.69) is 5.32 Å². The van der Waals surface area contributed by atoms with Gasteiger partial charge in [0, 0.05) is 11.4 Å². The fourth-order valence-electron chi connectivity index (χ4n) is 3.09. The van der Waals surface area contributed by atoms with E-state index < -0.39 is 18.0 Å². The second-order valence-corrected chi connectivity index (χ2v) is 7.81. The third-order valence-corrected chi connectivity index (χ3v) is 4.99. The summed E-state index contributed by atoms with van der Waals surface area (Å²) in [6.45, 7) is 3.61. The summed E-state index contributed by atoms with van der Waals surface area (Å²) in [5.41, 5.74) is 1.45. The predicted molar refractivity (Wildman–Crippen MR) is 119 cm³/mol. The van der Waals surface area contributed by atoms with E-state index in [1.54, 1.807) is 32.0 Å². The lowest BCUT2D eigenvalue weighted by molar-refractivity contribution is -0.153. The van der Waals surface area contributed by atoms with Crippen LogP contribution in [0.15, 0.2) is 30.3 Å². The van der Waals surface area contributed by atoms with Gasteiger partial charge in [0.25, 0.3) is 5.91 Å². The number of carboxylic acids is 1. The van der Waals surface area contributed by atoms with Crippen molar-refractivity contribution in [1.29, 1.82) is 0 Å². The molecule has 2 rings (SSSR count). The number of aliphatic carboxylic acids is 1. The van der Waals surface area contributed by atoms with Crippen LogP contribution in [-0.4, -0.2) is 43.4 Å². The third kappa shape index (κ3) is 6.50. The fraction of sp³-hybridized carbons (Fsp3) is 0.364. The summed E-state index contributed by atoms with van der Waals surface area (Å²) in [5, 5.41) is 12.9. The van der Waals surface area contributed by atoms with Crippen molar-refractivity contribution in [2.75, 3.05) is 14.2 Å². The van der Waals surface area contributed by atoms with Gasteiger partial charge in [-0.05, 0) is 43.7 Å². The molecule has 0 aliphatic carbocycles. The van der Waals surface area contributed by atoms with E-state index in [0.717, 1.165) is 0 Å². The highest BCUT2D eigenvalue weighted by Gasteiger charge is 2.24. The molecule has 0 heterocycles. The quantitative estimate of drug-likeness (QED) is 0.536. The van der Waals surface area contributed by atoms with Crippen molar-refractivity contribution in [2.45, 2.75) is 39.0 Å². The molecule has 31 heavy (non-hydrogen) atoms. The maximum atomic E-state index is 12.6. The summed E-state index contributed by atoms with van der Waals surface area (Å²) < 4.78 is 16.5. The van der Waals surface area contributed by atoms with Crippen molar-refractivity contribution in [2.24, 2.45) is 0 Å². The molecule has 2 aromatic carbocycles. The highest BCUT2D eigenvalue weighted by molar-refractivity contribution is 6.36. The average Bonchev–Trinajstić information content (AvgIpc) is 2.70.